The molecule has 0 bridgehead atoms. The van der Waals surface area contributed by atoms with Crippen LogP contribution in [0.15, 0.2) is 58.0 Å². The summed E-state index contributed by atoms with van der Waals surface area (Å²) in [6.07, 6.45) is 16.5. The fourth-order valence-electron chi connectivity index (χ4n) is 2.95. The Hall–Kier alpha value is -2.54. The molecule has 0 spiro atoms. The van der Waals surface area contributed by atoms with Gasteiger partial charge >= 0.3 is 0 Å². The number of aromatic nitrogens is 1. The largest absolute Gasteiger partial charge is 0.380 e. The second kappa shape index (κ2) is 10.7. The van der Waals surface area contributed by atoms with E-state index in [4.69, 9.17) is 0 Å². The van der Waals surface area contributed by atoms with Gasteiger partial charge < -0.3 is 15.4 Å². The molecule has 0 radical (unpaired) electrons. The third-order valence-electron chi connectivity index (χ3n) is 4.52. The first-order valence-electron chi connectivity index (χ1n) is 9.74. The standard InChI is InChI=1S/C21H26N4O2S/c26-20-18(19(21(20)27)24-16-10-13-22-14-11-16)23-12-6-1-2-7-15-28-25-17-8-4-3-5-9-17/h4,8-11,13-14,23,25H,1-3,5-7,12,15H2,(H,22,24). The summed E-state index contributed by atoms with van der Waals surface area (Å²) < 4.78 is 3.38. The Balaban J connectivity index is 1.28. The van der Waals surface area contributed by atoms with E-state index in [2.05, 4.69) is 38.6 Å². The average Bonchev–Trinajstić information content (AvgIpc) is 2.75. The van der Waals surface area contributed by atoms with Crippen molar-refractivity contribution >= 4 is 29.0 Å². The van der Waals surface area contributed by atoms with Gasteiger partial charge in [0.25, 0.3) is 10.9 Å². The first-order valence-corrected chi connectivity index (χ1v) is 10.7. The average molecular weight is 399 g/mol. The minimum atomic E-state index is -0.466. The third kappa shape index (κ3) is 5.73. The molecule has 1 aliphatic rings. The van der Waals surface area contributed by atoms with Crippen molar-refractivity contribution in [1.29, 1.82) is 0 Å². The molecule has 7 heteroatoms. The molecule has 1 heterocycles. The van der Waals surface area contributed by atoms with Crippen LogP contribution in [0.4, 0.5) is 17.1 Å². The first-order chi connectivity index (χ1) is 13.8. The molecule has 0 unspecified atom stereocenters. The van der Waals surface area contributed by atoms with Gasteiger partial charge in [-0.25, -0.2) is 0 Å². The number of rotatable bonds is 12. The minimum absolute atomic E-state index is 0.352. The highest BCUT2D eigenvalue weighted by atomic mass is 32.2. The van der Waals surface area contributed by atoms with Gasteiger partial charge in [0.15, 0.2) is 0 Å². The number of nitrogens with one attached hydrogen (secondary N) is 3. The van der Waals surface area contributed by atoms with E-state index in [0.29, 0.717) is 17.9 Å². The number of anilines is 3. The number of unbranched alkanes of at least 4 members (excludes halogenated alkanes) is 3. The van der Waals surface area contributed by atoms with Crippen molar-refractivity contribution in [2.75, 3.05) is 22.9 Å². The number of hydrogen-bond acceptors (Lipinski definition) is 7. The Labute approximate surface area is 169 Å². The summed E-state index contributed by atoms with van der Waals surface area (Å²) >= 11 is 1.76. The van der Waals surface area contributed by atoms with Crippen molar-refractivity contribution in [2.24, 2.45) is 0 Å². The van der Waals surface area contributed by atoms with Crippen LogP contribution in [0.2, 0.25) is 0 Å². The zero-order valence-corrected chi connectivity index (χ0v) is 16.7. The SMILES string of the molecule is O=c1c(NCCCCCCSNC2=CCCC=C2)c(Nc2ccncc2)c1=O. The second-order valence-electron chi connectivity index (χ2n) is 6.70. The fourth-order valence-corrected chi connectivity index (χ4v) is 3.72. The molecular weight excluding hydrogens is 372 g/mol. The zero-order chi connectivity index (χ0) is 19.6. The van der Waals surface area contributed by atoms with Gasteiger partial charge in [-0.05, 0) is 43.9 Å². The normalized spacial score (nSPS) is 13.4. The smallest absolute Gasteiger partial charge is 0.253 e. The molecule has 28 heavy (non-hydrogen) atoms. The summed E-state index contributed by atoms with van der Waals surface area (Å²) in [7, 11) is 0. The van der Waals surface area contributed by atoms with Gasteiger partial charge in [0.1, 0.15) is 11.4 Å². The quantitative estimate of drug-likeness (QED) is 0.284. The van der Waals surface area contributed by atoms with Crippen LogP contribution in [0.25, 0.3) is 0 Å². The zero-order valence-electron chi connectivity index (χ0n) is 15.9. The minimum Gasteiger partial charge on any atom is -0.380 e. The molecule has 2 aromatic rings. The van der Waals surface area contributed by atoms with E-state index < -0.39 is 10.9 Å². The van der Waals surface area contributed by atoms with E-state index in [-0.39, 0.29) is 0 Å². The van der Waals surface area contributed by atoms with Crippen molar-refractivity contribution in [1.82, 2.24) is 9.71 Å². The Morgan fingerprint density at radius 2 is 1.75 bits per heavy atom. The monoisotopic (exact) mass is 398 g/mol. The van der Waals surface area contributed by atoms with Crippen LogP contribution < -0.4 is 26.2 Å². The summed E-state index contributed by atoms with van der Waals surface area (Å²) in [5.74, 6) is 1.08. The van der Waals surface area contributed by atoms with Crippen LogP contribution in [0, 0.1) is 0 Å². The summed E-state index contributed by atoms with van der Waals surface area (Å²) in [6, 6.07) is 3.52. The fraction of sp³-hybridized carbons (Fsp3) is 0.381. The van der Waals surface area contributed by atoms with Crippen molar-refractivity contribution in [3.05, 3.63) is 68.9 Å². The van der Waals surface area contributed by atoms with Crippen LogP contribution in [-0.2, 0) is 0 Å². The van der Waals surface area contributed by atoms with E-state index in [1.165, 1.54) is 5.70 Å². The maximum Gasteiger partial charge on any atom is 0.253 e. The predicted molar refractivity (Wildman–Crippen MR) is 118 cm³/mol. The number of pyridine rings is 1. The van der Waals surface area contributed by atoms with E-state index in [0.717, 1.165) is 50.0 Å². The topological polar surface area (TPSA) is 83.1 Å². The molecule has 1 aromatic heterocycles. The maximum absolute atomic E-state index is 11.8. The van der Waals surface area contributed by atoms with Crippen LogP contribution in [0.3, 0.4) is 0 Å². The summed E-state index contributed by atoms with van der Waals surface area (Å²) in [6.45, 7) is 0.693. The van der Waals surface area contributed by atoms with E-state index in [9.17, 15) is 9.59 Å². The molecule has 148 valence electrons. The van der Waals surface area contributed by atoms with Crippen LogP contribution in [0.5, 0.6) is 0 Å². The molecule has 0 atom stereocenters. The van der Waals surface area contributed by atoms with Crippen molar-refractivity contribution in [3.8, 4) is 0 Å². The molecule has 0 amide bonds. The van der Waals surface area contributed by atoms with E-state index in [1.54, 1.807) is 36.5 Å². The van der Waals surface area contributed by atoms with Gasteiger partial charge in [-0.15, -0.1) is 0 Å². The Morgan fingerprint density at radius 1 is 0.964 bits per heavy atom. The predicted octanol–water partition coefficient (Wildman–Crippen LogP) is 3.87. The Morgan fingerprint density at radius 3 is 2.54 bits per heavy atom. The highest BCUT2D eigenvalue weighted by molar-refractivity contribution is 7.97. The van der Waals surface area contributed by atoms with Gasteiger partial charge in [-0.3, -0.25) is 14.6 Å². The lowest BCUT2D eigenvalue weighted by Gasteiger charge is -2.14. The van der Waals surface area contributed by atoms with Crippen LogP contribution in [0.1, 0.15) is 38.5 Å². The van der Waals surface area contributed by atoms with Crippen LogP contribution in [-0.4, -0.2) is 17.3 Å². The van der Waals surface area contributed by atoms with Crippen molar-refractivity contribution < 1.29 is 0 Å². The molecule has 1 aliphatic carbocycles. The lowest BCUT2D eigenvalue weighted by Crippen LogP contribution is -2.36. The summed E-state index contributed by atoms with van der Waals surface area (Å²) in [4.78, 5) is 27.5. The Kier molecular flexibility index (Phi) is 7.72. The molecule has 0 saturated carbocycles. The lowest BCUT2D eigenvalue weighted by atomic mass is 10.1. The van der Waals surface area contributed by atoms with Gasteiger partial charge in [-0.1, -0.05) is 36.9 Å². The second-order valence-corrected chi connectivity index (χ2v) is 7.60. The molecule has 3 rings (SSSR count). The van der Waals surface area contributed by atoms with E-state index in [1.807, 2.05) is 0 Å². The van der Waals surface area contributed by atoms with Gasteiger partial charge in [-0.2, -0.15) is 0 Å². The van der Waals surface area contributed by atoms with Gasteiger partial charge in [0.2, 0.25) is 0 Å². The number of allylic oxidation sites excluding steroid dienone is 3. The van der Waals surface area contributed by atoms with E-state index >= 15 is 0 Å². The van der Waals surface area contributed by atoms with Crippen molar-refractivity contribution in [3.63, 3.8) is 0 Å². The first kappa shape index (κ1) is 20.2. The molecule has 3 N–H and O–H groups in total. The summed E-state index contributed by atoms with van der Waals surface area (Å²) in [5, 5.41) is 6.11. The maximum atomic E-state index is 11.8. The highest BCUT2D eigenvalue weighted by Gasteiger charge is 2.20. The molecule has 6 nitrogen and oxygen atoms in total. The lowest BCUT2D eigenvalue weighted by molar-refractivity contribution is 0.688. The third-order valence-corrected chi connectivity index (χ3v) is 5.39. The van der Waals surface area contributed by atoms with Gasteiger partial charge in [0, 0.05) is 36.1 Å². The molecule has 0 fully saturated rings. The van der Waals surface area contributed by atoms with Crippen molar-refractivity contribution in [2.45, 2.75) is 38.5 Å². The Bertz CT molecular complexity index is 886. The van der Waals surface area contributed by atoms with Gasteiger partial charge in [0.05, 0.1) is 0 Å². The molecule has 0 aliphatic heterocycles. The van der Waals surface area contributed by atoms with Crippen LogP contribution >= 0.6 is 11.9 Å². The molecule has 0 saturated heterocycles. The molecular formula is C21H26N4O2S. The number of nitrogens with zero attached hydrogens (tertiary/aromatic N) is 1. The molecule has 1 aromatic carbocycles. The highest BCUT2D eigenvalue weighted by Crippen LogP contribution is 2.20. The summed E-state index contributed by atoms with van der Waals surface area (Å²) in [5.41, 5.74) is 1.80. The number of hydrogen-bond donors (Lipinski definition) is 3.